The molecule has 0 amide bonds. The number of pyridine rings is 1. The second kappa shape index (κ2) is 11.5. The van der Waals surface area contributed by atoms with Gasteiger partial charge in [-0.1, -0.05) is 121 Å². The summed E-state index contributed by atoms with van der Waals surface area (Å²) in [7, 11) is 0. The molecule has 0 unspecified atom stereocenters. The first-order valence-corrected chi connectivity index (χ1v) is 15.0. The van der Waals surface area contributed by atoms with Crippen LogP contribution in [0.2, 0.25) is 0 Å². The Balaban J connectivity index is 1.24. The Morgan fingerprint density at radius 2 is 1.00 bits per heavy atom. The molecule has 8 rings (SSSR count). The van der Waals surface area contributed by atoms with Crippen LogP contribution in [-0.4, -0.2) is 19.5 Å². The van der Waals surface area contributed by atoms with Crippen LogP contribution in [0.15, 0.2) is 170 Å². The molecular formula is C41H28N4. The molecule has 45 heavy (non-hydrogen) atoms. The number of rotatable bonds is 6. The Hall–Kier alpha value is -6.13. The third kappa shape index (κ3) is 5.19. The third-order valence-electron chi connectivity index (χ3n) is 8.17. The number of hydrogen-bond donors (Lipinski definition) is 0. The predicted molar refractivity (Wildman–Crippen MR) is 184 cm³/mol. The highest BCUT2D eigenvalue weighted by Crippen LogP contribution is 2.35. The molecule has 4 heteroatoms. The molecule has 0 spiro atoms. The molecule has 0 radical (unpaired) electrons. The lowest BCUT2D eigenvalue weighted by molar-refractivity contribution is 1.11. The van der Waals surface area contributed by atoms with E-state index in [-0.39, 0.29) is 0 Å². The second-order valence-electron chi connectivity index (χ2n) is 11.0. The van der Waals surface area contributed by atoms with Crippen molar-refractivity contribution < 1.29 is 0 Å². The van der Waals surface area contributed by atoms with Crippen LogP contribution in [-0.2, 0) is 0 Å². The quantitative estimate of drug-likeness (QED) is 0.198. The highest BCUT2D eigenvalue weighted by molar-refractivity contribution is 5.97. The number of hydrogen-bond acceptors (Lipinski definition) is 3. The largest absolute Gasteiger partial charge is 0.316 e. The first-order chi connectivity index (χ1) is 22.3. The Morgan fingerprint density at radius 3 is 1.76 bits per heavy atom. The van der Waals surface area contributed by atoms with Gasteiger partial charge in [-0.3, -0.25) is 4.98 Å². The van der Waals surface area contributed by atoms with Crippen molar-refractivity contribution in [1.29, 1.82) is 0 Å². The van der Waals surface area contributed by atoms with Crippen molar-refractivity contribution in [2.75, 3.05) is 0 Å². The van der Waals surface area contributed by atoms with Gasteiger partial charge in [-0.25, -0.2) is 9.97 Å². The van der Waals surface area contributed by atoms with Crippen LogP contribution in [0, 0.1) is 0 Å². The summed E-state index contributed by atoms with van der Waals surface area (Å²) in [5.74, 6) is 0.704. The van der Waals surface area contributed by atoms with Gasteiger partial charge in [0, 0.05) is 51.9 Å². The molecule has 0 aliphatic heterocycles. The van der Waals surface area contributed by atoms with Crippen LogP contribution in [0.4, 0.5) is 0 Å². The molecule has 0 N–H and O–H groups in total. The van der Waals surface area contributed by atoms with Gasteiger partial charge in [0.05, 0.1) is 16.9 Å². The van der Waals surface area contributed by atoms with Crippen molar-refractivity contribution in [3.63, 3.8) is 0 Å². The van der Waals surface area contributed by atoms with E-state index < -0.39 is 0 Å². The van der Waals surface area contributed by atoms with E-state index in [0.717, 1.165) is 44.8 Å². The number of nitrogens with zero attached hydrogens (tertiary/aromatic N) is 4. The lowest BCUT2D eigenvalue weighted by atomic mass is 9.99. The molecule has 0 bridgehead atoms. The molecule has 0 aliphatic carbocycles. The minimum absolute atomic E-state index is 0.704. The maximum atomic E-state index is 5.09. The molecular weight excluding hydrogens is 548 g/mol. The highest BCUT2D eigenvalue weighted by atomic mass is 15.0. The highest BCUT2D eigenvalue weighted by Gasteiger charge is 2.15. The van der Waals surface area contributed by atoms with Gasteiger partial charge in [0.25, 0.3) is 0 Å². The van der Waals surface area contributed by atoms with Crippen molar-refractivity contribution >= 4 is 10.9 Å². The van der Waals surface area contributed by atoms with Crippen molar-refractivity contribution in [2.45, 2.75) is 0 Å². The van der Waals surface area contributed by atoms with Gasteiger partial charge >= 0.3 is 0 Å². The number of para-hydroxylation sites is 1. The fourth-order valence-electron chi connectivity index (χ4n) is 5.90. The molecule has 0 fully saturated rings. The van der Waals surface area contributed by atoms with Gasteiger partial charge in [-0.15, -0.1) is 0 Å². The smallest absolute Gasteiger partial charge is 0.160 e. The van der Waals surface area contributed by atoms with E-state index in [1.807, 2.05) is 48.8 Å². The fraction of sp³-hybridized carbons (Fsp3) is 0. The number of benzene rings is 5. The zero-order valence-corrected chi connectivity index (χ0v) is 24.5. The van der Waals surface area contributed by atoms with E-state index in [9.17, 15) is 0 Å². The van der Waals surface area contributed by atoms with Crippen molar-refractivity contribution in [2.24, 2.45) is 0 Å². The van der Waals surface area contributed by atoms with Crippen LogP contribution >= 0.6 is 0 Å². The molecule has 8 aromatic rings. The number of aromatic nitrogens is 4. The first-order valence-electron chi connectivity index (χ1n) is 15.0. The Morgan fingerprint density at radius 1 is 0.422 bits per heavy atom. The second-order valence-corrected chi connectivity index (χ2v) is 11.0. The molecule has 0 saturated carbocycles. The van der Waals surface area contributed by atoms with Gasteiger partial charge in [0.15, 0.2) is 5.82 Å². The van der Waals surface area contributed by atoms with Crippen LogP contribution in [0.1, 0.15) is 0 Å². The molecule has 4 nitrogen and oxygen atoms in total. The molecule has 212 valence electrons. The summed E-state index contributed by atoms with van der Waals surface area (Å²) in [6, 6.07) is 52.6. The van der Waals surface area contributed by atoms with Crippen molar-refractivity contribution in [3.05, 3.63) is 170 Å². The minimum Gasteiger partial charge on any atom is -0.316 e. The standard InChI is InChI=1S/C41H28N4/c1-3-10-29(11-4-1)30-18-20-31(21-19-30)38-27-39(44-41(43-38)32-12-5-2-6-13-32)34-15-9-14-33(26-34)37-28-45(35-22-24-42-25-23-35)40-17-8-7-16-36(37)40/h1-28H. The zero-order chi connectivity index (χ0) is 30.0. The molecule has 3 heterocycles. The first kappa shape index (κ1) is 26.5. The summed E-state index contributed by atoms with van der Waals surface area (Å²) >= 11 is 0. The maximum Gasteiger partial charge on any atom is 0.160 e. The van der Waals surface area contributed by atoms with Gasteiger partial charge in [-0.05, 0) is 47.0 Å². The van der Waals surface area contributed by atoms with Crippen molar-refractivity contribution in [1.82, 2.24) is 19.5 Å². The minimum atomic E-state index is 0.704. The van der Waals surface area contributed by atoms with Crippen molar-refractivity contribution in [3.8, 4) is 61.8 Å². The zero-order valence-electron chi connectivity index (χ0n) is 24.5. The molecule has 5 aromatic carbocycles. The van der Waals surface area contributed by atoms with Crippen LogP contribution < -0.4 is 0 Å². The van der Waals surface area contributed by atoms with Crippen LogP contribution in [0.25, 0.3) is 72.7 Å². The topological polar surface area (TPSA) is 43.6 Å². The average Bonchev–Trinajstić information content (AvgIpc) is 3.53. The van der Waals surface area contributed by atoms with Gasteiger partial charge in [0.1, 0.15) is 0 Å². The van der Waals surface area contributed by atoms with Crippen LogP contribution in [0.5, 0.6) is 0 Å². The average molecular weight is 577 g/mol. The lowest BCUT2D eigenvalue weighted by Crippen LogP contribution is -1.96. The van der Waals surface area contributed by atoms with E-state index in [1.165, 1.54) is 22.1 Å². The van der Waals surface area contributed by atoms with Gasteiger partial charge in [-0.2, -0.15) is 0 Å². The van der Waals surface area contributed by atoms with E-state index in [2.05, 4.69) is 131 Å². The summed E-state index contributed by atoms with van der Waals surface area (Å²) in [4.78, 5) is 14.3. The SMILES string of the molecule is c1ccc(-c2ccc(-c3cc(-c4cccc(-c5cn(-c6ccncc6)c6ccccc56)c4)nc(-c4ccccc4)n3)cc2)cc1. The van der Waals surface area contributed by atoms with E-state index >= 15 is 0 Å². The van der Waals surface area contributed by atoms with Crippen LogP contribution in [0.3, 0.4) is 0 Å². The maximum absolute atomic E-state index is 5.09. The normalized spacial score (nSPS) is 11.1. The molecule has 0 aliphatic rings. The Bertz CT molecular complexity index is 2240. The monoisotopic (exact) mass is 576 g/mol. The van der Waals surface area contributed by atoms with E-state index in [1.54, 1.807) is 0 Å². The summed E-state index contributed by atoms with van der Waals surface area (Å²) in [5.41, 5.74) is 11.7. The summed E-state index contributed by atoms with van der Waals surface area (Å²) in [6.07, 6.45) is 5.88. The molecule has 3 aromatic heterocycles. The molecule has 0 atom stereocenters. The third-order valence-corrected chi connectivity index (χ3v) is 8.17. The predicted octanol–water partition coefficient (Wildman–Crippen LogP) is 10.2. The van der Waals surface area contributed by atoms with Gasteiger partial charge < -0.3 is 4.57 Å². The summed E-state index contributed by atoms with van der Waals surface area (Å²) in [5, 5.41) is 1.19. The number of fused-ring (bicyclic) bond motifs is 1. The molecule has 0 saturated heterocycles. The lowest BCUT2D eigenvalue weighted by Gasteiger charge is -2.11. The summed E-state index contributed by atoms with van der Waals surface area (Å²) < 4.78 is 2.23. The van der Waals surface area contributed by atoms with Gasteiger partial charge in [0.2, 0.25) is 0 Å². The Kier molecular flexibility index (Phi) is 6.78. The summed E-state index contributed by atoms with van der Waals surface area (Å²) in [6.45, 7) is 0. The Labute approximate surface area is 262 Å². The fourth-order valence-corrected chi connectivity index (χ4v) is 5.90. The van der Waals surface area contributed by atoms with E-state index in [0.29, 0.717) is 5.82 Å². The van der Waals surface area contributed by atoms with E-state index in [4.69, 9.17) is 9.97 Å².